The Morgan fingerprint density at radius 1 is 1.30 bits per heavy atom. The van der Waals surface area contributed by atoms with Gasteiger partial charge in [0.15, 0.2) is 0 Å². The highest BCUT2D eigenvalue weighted by atomic mass is 79.9. The molecule has 0 unspecified atom stereocenters. The molecule has 0 aliphatic heterocycles. The summed E-state index contributed by atoms with van der Waals surface area (Å²) in [4.78, 5) is 22.2. The van der Waals surface area contributed by atoms with Crippen LogP contribution in [0.5, 0.6) is 5.75 Å². The van der Waals surface area contributed by atoms with Crippen LogP contribution in [0.1, 0.15) is 5.56 Å². The molecule has 23 heavy (non-hydrogen) atoms. The lowest BCUT2D eigenvalue weighted by molar-refractivity contribution is -0.384. The number of methoxy groups -OCH3 is 1. The van der Waals surface area contributed by atoms with E-state index in [2.05, 4.69) is 26.6 Å². The van der Waals surface area contributed by atoms with Gasteiger partial charge in [0.25, 0.3) is 5.69 Å². The molecule has 0 saturated heterocycles. The maximum absolute atomic E-state index is 12.0. The van der Waals surface area contributed by atoms with E-state index >= 15 is 0 Å². The first kappa shape index (κ1) is 16.8. The SMILES string of the molecule is COc1cc([N+](=O)[O-])ccc1NC(=O)NCc1ccccc1Br. The van der Waals surface area contributed by atoms with Crippen LogP contribution < -0.4 is 15.4 Å². The van der Waals surface area contributed by atoms with Crippen molar-refractivity contribution < 1.29 is 14.5 Å². The quantitative estimate of drug-likeness (QED) is 0.611. The number of nitro benzene ring substituents is 1. The minimum absolute atomic E-state index is 0.110. The molecular weight excluding hydrogens is 366 g/mol. The second-order valence-corrected chi connectivity index (χ2v) is 5.40. The number of nitrogens with zero attached hydrogens (tertiary/aromatic N) is 1. The lowest BCUT2D eigenvalue weighted by Gasteiger charge is -2.11. The smallest absolute Gasteiger partial charge is 0.319 e. The normalized spacial score (nSPS) is 10.0. The van der Waals surface area contributed by atoms with Crippen LogP contribution in [-0.4, -0.2) is 18.1 Å². The van der Waals surface area contributed by atoms with Crippen molar-refractivity contribution in [1.29, 1.82) is 0 Å². The Hall–Kier alpha value is -2.61. The van der Waals surface area contributed by atoms with Gasteiger partial charge in [-0.2, -0.15) is 0 Å². The molecule has 7 nitrogen and oxygen atoms in total. The fraction of sp³-hybridized carbons (Fsp3) is 0.133. The third kappa shape index (κ3) is 4.43. The molecule has 2 amide bonds. The van der Waals surface area contributed by atoms with Gasteiger partial charge in [-0.25, -0.2) is 4.79 Å². The van der Waals surface area contributed by atoms with Crippen molar-refractivity contribution in [2.24, 2.45) is 0 Å². The van der Waals surface area contributed by atoms with Crippen LogP contribution in [0.15, 0.2) is 46.9 Å². The summed E-state index contributed by atoms with van der Waals surface area (Å²) in [5.74, 6) is 0.218. The van der Waals surface area contributed by atoms with Gasteiger partial charge in [0, 0.05) is 17.1 Å². The molecule has 0 spiro atoms. The van der Waals surface area contributed by atoms with Gasteiger partial charge >= 0.3 is 6.03 Å². The molecule has 8 heteroatoms. The molecular formula is C15H14BrN3O4. The Labute approximate surface area is 140 Å². The van der Waals surface area contributed by atoms with Crippen LogP contribution in [0.2, 0.25) is 0 Å². The van der Waals surface area contributed by atoms with E-state index in [0.717, 1.165) is 10.0 Å². The summed E-state index contributed by atoms with van der Waals surface area (Å²) in [6.07, 6.45) is 0. The molecule has 0 radical (unpaired) electrons. The summed E-state index contributed by atoms with van der Waals surface area (Å²) in [6.45, 7) is 0.336. The van der Waals surface area contributed by atoms with E-state index < -0.39 is 11.0 Å². The Bertz CT molecular complexity index is 736. The number of nitro groups is 1. The number of halogens is 1. The number of nitrogens with one attached hydrogen (secondary N) is 2. The zero-order chi connectivity index (χ0) is 16.8. The monoisotopic (exact) mass is 379 g/mol. The zero-order valence-electron chi connectivity index (χ0n) is 12.2. The number of carbonyl (C=O) groups excluding carboxylic acids is 1. The zero-order valence-corrected chi connectivity index (χ0v) is 13.8. The van der Waals surface area contributed by atoms with Gasteiger partial charge < -0.3 is 15.4 Å². The fourth-order valence-corrected chi connectivity index (χ4v) is 2.31. The number of benzene rings is 2. The molecule has 0 bridgehead atoms. The van der Waals surface area contributed by atoms with Gasteiger partial charge in [0.2, 0.25) is 0 Å². The molecule has 0 aliphatic carbocycles. The van der Waals surface area contributed by atoms with Crippen molar-refractivity contribution in [2.45, 2.75) is 6.54 Å². The molecule has 2 aromatic rings. The topological polar surface area (TPSA) is 93.5 Å². The Kier molecular flexibility index (Phi) is 5.53. The molecule has 120 valence electrons. The molecule has 0 aromatic heterocycles. The maximum Gasteiger partial charge on any atom is 0.319 e. The van der Waals surface area contributed by atoms with Crippen LogP contribution >= 0.6 is 15.9 Å². The highest BCUT2D eigenvalue weighted by Crippen LogP contribution is 2.28. The number of amides is 2. The molecule has 0 atom stereocenters. The highest BCUT2D eigenvalue weighted by Gasteiger charge is 2.13. The number of ether oxygens (including phenoxy) is 1. The average molecular weight is 380 g/mol. The number of anilines is 1. The molecule has 2 rings (SSSR count). The number of carbonyl (C=O) groups is 1. The molecule has 0 heterocycles. The van der Waals surface area contributed by atoms with Gasteiger partial charge in [-0.1, -0.05) is 34.1 Å². The summed E-state index contributed by atoms with van der Waals surface area (Å²) < 4.78 is 5.96. The van der Waals surface area contributed by atoms with Gasteiger partial charge in [-0.3, -0.25) is 10.1 Å². The molecule has 2 aromatic carbocycles. The fourth-order valence-electron chi connectivity index (χ4n) is 1.88. The average Bonchev–Trinajstić information content (AvgIpc) is 2.54. The van der Waals surface area contributed by atoms with Crippen molar-refractivity contribution in [3.63, 3.8) is 0 Å². The van der Waals surface area contributed by atoms with E-state index in [0.29, 0.717) is 12.2 Å². The number of hydrogen-bond acceptors (Lipinski definition) is 4. The first-order valence-electron chi connectivity index (χ1n) is 6.62. The van der Waals surface area contributed by atoms with Crippen molar-refractivity contribution in [3.8, 4) is 5.75 Å². The minimum atomic E-state index is -0.528. The van der Waals surface area contributed by atoms with E-state index in [4.69, 9.17) is 4.74 Å². The first-order valence-corrected chi connectivity index (χ1v) is 7.41. The van der Waals surface area contributed by atoms with E-state index in [1.807, 2.05) is 24.3 Å². The van der Waals surface area contributed by atoms with E-state index in [9.17, 15) is 14.9 Å². The van der Waals surface area contributed by atoms with Gasteiger partial charge in [-0.05, 0) is 17.7 Å². The Morgan fingerprint density at radius 2 is 2.04 bits per heavy atom. The molecule has 2 N–H and O–H groups in total. The summed E-state index contributed by atoms with van der Waals surface area (Å²) in [7, 11) is 1.38. The second-order valence-electron chi connectivity index (χ2n) is 4.54. The number of hydrogen-bond donors (Lipinski definition) is 2. The van der Waals surface area contributed by atoms with E-state index in [1.165, 1.54) is 25.3 Å². The predicted octanol–water partition coefficient (Wildman–Crippen LogP) is 3.69. The largest absolute Gasteiger partial charge is 0.494 e. The lowest BCUT2D eigenvalue weighted by atomic mass is 10.2. The van der Waals surface area contributed by atoms with Crippen LogP contribution in [-0.2, 0) is 6.54 Å². The van der Waals surface area contributed by atoms with Crippen LogP contribution in [0.4, 0.5) is 16.2 Å². The summed E-state index contributed by atoms with van der Waals surface area (Å²) >= 11 is 3.40. The van der Waals surface area contributed by atoms with Crippen molar-refractivity contribution in [3.05, 3.63) is 62.6 Å². The van der Waals surface area contributed by atoms with Crippen LogP contribution in [0, 0.1) is 10.1 Å². The lowest BCUT2D eigenvalue weighted by Crippen LogP contribution is -2.28. The first-order chi connectivity index (χ1) is 11.0. The minimum Gasteiger partial charge on any atom is -0.494 e. The molecule has 0 fully saturated rings. The summed E-state index contributed by atoms with van der Waals surface area (Å²) in [5, 5.41) is 16.1. The van der Waals surface area contributed by atoms with E-state index in [-0.39, 0.29) is 11.4 Å². The Balaban J connectivity index is 2.03. The van der Waals surface area contributed by atoms with Crippen molar-refractivity contribution in [1.82, 2.24) is 5.32 Å². The molecule has 0 saturated carbocycles. The third-order valence-corrected chi connectivity index (χ3v) is 3.81. The maximum atomic E-state index is 12.0. The molecule has 0 aliphatic rings. The third-order valence-electron chi connectivity index (χ3n) is 3.04. The number of urea groups is 1. The summed E-state index contributed by atoms with van der Waals surface area (Å²) in [6, 6.07) is 11.1. The standard InChI is InChI=1S/C15H14BrN3O4/c1-23-14-8-11(19(21)22)6-7-13(14)18-15(20)17-9-10-4-2-3-5-12(10)16/h2-8H,9H2,1H3,(H2,17,18,20). The van der Waals surface area contributed by atoms with Gasteiger partial charge in [0.05, 0.1) is 23.8 Å². The number of rotatable bonds is 5. The van der Waals surface area contributed by atoms with Crippen molar-refractivity contribution >= 4 is 33.3 Å². The second kappa shape index (κ2) is 7.59. The Morgan fingerprint density at radius 3 is 2.70 bits per heavy atom. The van der Waals surface area contributed by atoms with Crippen LogP contribution in [0.25, 0.3) is 0 Å². The highest BCUT2D eigenvalue weighted by molar-refractivity contribution is 9.10. The van der Waals surface area contributed by atoms with Gasteiger partial charge in [-0.15, -0.1) is 0 Å². The van der Waals surface area contributed by atoms with Crippen LogP contribution in [0.3, 0.4) is 0 Å². The summed E-state index contributed by atoms with van der Waals surface area (Å²) in [5.41, 5.74) is 1.17. The van der Waals surface area contributed by atoms with Gasteiger partial charge in [0.1, 0.15) is 5.75 Å². The number of non-ortho nitro benzene ring substituents is 1. The van der Waals surface area contributed by atoms with Crippen molar-refractivity contribution in [2.75, 3.05) is 12.4 Å². The van der Waals surface area contributed by atoms with E-state index in [1.54, 1.807) is 0 Å². The predicted molar refractivity (Wildman–Crippen MR) is 89.6 cm³/mol.